The van der Waals surface area contributed by atoms with Crippen molar-refractivity contribution in [2.75, 3.05) is 0 Å². The van der Waals surface area contributed by atoms with Crippen molar-refractivity contribution >= 4 is 5.94 Å². The fraction of sp³-hybridized carbons (Fsp3) is 0.125. The predicted molar refractivity (Wildman–Crippen MR) is 36.7 cm³/mol. The van der Waals surface area contributed by atoms with Gasteiger partial charge in [-0.25, -0.2) is 4.79 Å². The molecule has 0 unspecified atom stereocenters. The quantitative estimate of drug-likeness (QED) is 0.463. The first-order chi connectivity index (χ1) is 4.86. The summed E-state index contributed by atoms with van der Waals surface area (Å²) in [5, 5.41) is 8.37. The molecule has 1 aliphatic rings. The topological polar surface area (TPSA) is 40.9 Å². The minimum Gasteiger partial charge on any atom is -0.233 e. The van der Waals surface area contributed by atoms with Gasteiger partial charge in [-0.15, -0.1) is 0 Å². The molecule has 48 valence electrons. The summed E-state index contributed by atoms with van der Waals surface area (Å²) < 4.78 is 0. The lowest BCUT2D eigenvalue weighted by atomic mass is 10.0. The van der Waals surface area contributed by atoms with Gasteiger partial charge in [-0.05, 0) is 12.2 Å². The molecule has 0 aromatic carbocycles. The maximum Gasteiger partial charge on any atom is 0.128 e. The molecule has 0 aliphatic heterocycles. The maximum atomic E-state index is 10.0. The molecule has 1 rings (SSSR count). The molecule has 0 radical (unpaired) electrons. The van der Waals surface area contributed by atoms with Gasteiger partial charge in [0.2, 0.25) is 0 Å². The first kappa shape index (κ1) is 6.54. The Morgan fingerprint density at radius 1 is 1.50 bits per heavy atom. The van der Waals surface area contributed by atoms with E-state index in [4.69, 9.17) is 5.26 Å². The van der Waals surface area contributed by atoms with Gasteiger partial charge in [-0.2, -0.15) is 5.26 Å². The molecule has 0 spiro atoms. The van der Waals surface area contributed by atoms with Crippen LogP contribution in [0.5, 0.6) is 0 Å². The molecule has 2 heteroatoms. The number of hydrogen-bond acceptors (Lipinski definition) is 2. The molecule has 0 amide bonds. The van der Waals surface area contributed by atoms with E-state index in [1.807, 2.05) is 6.07 Å². The van der Waals surface area contributed by atoms with Gasteiger partial charge >= 0.3 is 0 Å². The molecule has 0 aromatic rings. The van der Waals surface area contributed by atoms with Crippen LogP contribution in [0.4, 0.5) is 0 Å². The van der Waals surface area contributed by atoms with Crippen molar-refractivity contribution in [2.45, 2.75) is 6.42 Å². The van der Waals surface area contributed by atoms with Gasteiger partial charge in [0.25, 0.3) is 0 Å². The zero-order chi connectivity index (χ0) is 7.40. The Morgan fingerprint density at radius 3 is 2.70 bits per heavy atom. The van der Waals surface area contributed by atoms with E-state index < -0.39 is 0 Å². The standard InChI is InChI=1S/C8H5NO/c9-5-7-1-3-8(6-10)4-2-7/h1-3H,4H2. The lowest BCUT2D eigenvalue weighted by Crippen LogP contribution is -1.85. The van der Waals surface area contributed by atoms with Crippen molar-refractivity contribution in [3.63, 3.8) is 0 Å². The highest BCUT2D eigenvalue weighted by Crippen LogP contribution is 2.11. The fourth-order valence-corrected chi connectivity index (χ4v) is 0.705. The number of carbonyl (C=O) groups excluding carboxylic acids is 1. The summed E-state index contributed by atoms with van der Waals surface area (Å²) >= 11 is 0. The molecule has 0 atom stereocenters. The van der Waals surface area contributed by atoms with E-state index in [1.54, 1.807) is 24.2 Å². The number of rotatable bonds is 0. The third kappa shape index (κ3) is 1.22. The SMILES string of the molecule is N#CC1=CCC(=C=O)C=C1. The highest BCUT2D eigenvalue weighted by Gasteiger charge is 1.98. The molecule has 0 N–H and O–H groups in total. The largest absolute Gasteiger partial charge is 0.233 e. The van der Waals surface area contributed by atoms with Crippen molar-refractivity contribution in [1.82, 2.24) is 0 Å². The molecule has 0 aromatic heterocycles. The van der Waals surface area contributed by atoms with Crippen LogP contribution < -0.4 is 0 Å². The number of allylic oxidation sites excluding steroid dienone is 5. The molecule has 10 heavy (non-hydrogen) atoms. The summed E-state index contributed by atoms with van der Waals surface area (Å²) in [6, 6.07) is 1.98. The van der Waals surface area contributed by atoms with Crippen LogP contribution >= 0.6 is 0 Å². The van der Waals surface area contributed by atoms with Crippen molar-refractivity contribution in [2.24, 2.45) is 0 Å². The first-order valence-corrected chi connectivity index (χ1v) is 2.89. The number of nitrogens with zero attached hydrogens (tertiary/aromatic N) is 1. The Kier molecular flexibility index (Phi) is 1.84. The molecule has 0 saturated heterocycles. The second kappa shape index (κ2) is 2.82. The minimum absolute atomic E-state index is 0.531. The van der Waals surface area contributed by atoms with Gasteiger partial charge in [-0.3, -0.25) is 0 Å². The molecular formula is C8H5NO. The van der Waals surface area contributed by atoms with Crippen LogP contribution in [-0.2, 0) is 4.79 Å². The summed E-state index contributed by atoms with van der Waals surface area (Å²) in [7, 11) is 0. The zero-order valence-corrected chi connectivity index (χ0v) is 5.29. The van der Waals surface area contributed by atoms with Gasteiger partial charge in [0.1, 0.15) is 5.94 Å². The number of nitriles is 1. The summed E-state index contributed by atoms with van der Waals surface area (Å²) in [5.41, 5.74) is 1.21. The van der Waals surface area contributed by atoms with E-state index in [0.717, 1.165) is 0 Å². The van der Waals surface area contributed by atoms with E-state index in [0.29, 0.717) is 17.6 Å². The third-order valence-corrected chi connectivity index (χ3v) is 1.27. The molecule has 0 heterocycles. The average Bonchev–Trinajstić information content (AvgIpc) is 2.05. The van der Waals surface area contributed by atoms with Crippen molar-refractivity contribution < 1.29 is 4.79 Å². The normalized spacial score (nSPS) is 15.5. The van der Waals surface area contributed by atoms with Crippen molar-refractivity contribution in [3.8, 4) is 6.07 Å². The van der Waals surface area contributed by atoms with Crippen LogP contribution in [0.2, 0.25) is 0 Å². The molecule has 1 aliphatic carbocycles. The summed E-state index contributed by atoms with van der Waals surface area (Å²) in [6.45, 7) is 0. The first-order valence-electron chi connectivity index (χ1n) is 2.89. The van der Waals surface area contributed by atoms with E-state index in [-0.39, 0.29) is 0 Å². The smallest absolute Gasteiger partial charge is 0.128 e. The second-order valence-corrected chi connectivity index (χ2v) is 1.94. The molecule has 0 bridgehead atoms. The Hall–Kier alpha value is -1.58. The van der Waals surface area contributed by atoms with E-state index in [1.165, 1.54) is 0 Å². The second-order valence-electron chi connectivity index (χ2n) is 1.94. The van der Waals surface area contributed by atoms with Crippen LogP contribution in [0, 0.1) is 11.3 Å². The van der Waals surface area contributed by atoms with E-state index >= 15 is 0 Å². The molecule has 2 nitrogen and oxygen atoms in total. The van der Waals surface area contributed by atoms with Gasteiger partial charge in [0.15, 0.2) is 0 Å². The minimum atomic E-state index is 0.531. The lowest BCUT2D eigenvalue weighted by molar-refractivity contribution is 0.567. The summed E-state index contributed by atoms with van der Waals surface area (Å²) in [6.07, 6.45) is 5.47. The number of hydrogen-bond donors (Lipinski definition) is 0. The van der Waals surface area contributed by atoms with Crippen LogP contribution in [-0.4, -0.2) is 5.94 Å². The third-order valence-electron chi connectivity index (χ3n) is 1.27. The highest BCUT2D eigenvalue weighted by atomic mass is 16.1. The van der Waals surface area contributed by atoms with Crippen molar-refractivity contribution in [1.29, 1.82) is 5.26 Å². The van der Waals surface area contributed by atoms with Gasteiger partial charge in [0.05, 0.1) is 6.07 Å². The van der Waals surface area contributed by atoms with Crippen LogP contribution in [0.3, 0.4) is 0 Å². The molecule has 0 saturated carbocycles. The Balaban J connectivity index is 2.85. The van der Waals surface area contributed by atoms with Crippen LogP contribution in [0.1, 0.15) is 6.42 Å². The lowest BCUT2D eigenvalue weighted by Gasteiger charge is -1.97. The van der Waals surface area contributed by atoms with Gasteiger partial charge in [-0.1, -0.05) is 6.08 Å². The van der Waals surface area contributed by atoms with Gasteiger partial charge in [0, 0.05) is 17.6 Å². The monoisotopic (exact) mass is 131 g/mol. The van der Waals surface area contributed by atoms with E-state index in [9.17, 15) is 4.79 Å². The summed E-state index contributed by atoms with van der Waals surface area (Å²) in [5.74, 6) is 1.77. The van der Waals surface area contributed by atoms with Crippen LogP contribution in [0.25, 0.3) is 0 Å². The predicted octanol–water partition coefficient (Wildman–Crippen LogP) is 1.15. The maximum absolute atomic E-state index is 10.0. The summed E-state index contributed by atoms with van der Waals surface area (Å²) in [4.78, 5) is 10.0. The fourth-order valence-electron chi connectivity index (χ4n) is 0.705. The Morgan fingerprint density at radius 2 is 2.30 bits per heavy atom. The van der Waals surface area contributed by atoms with E-state index in [2.05, 4.69) is 0 Å². The van der Waals surface area contributed by atoms with Crippen molar-refractivity contribution in [3.05, 3.63) is 29.4 Å². The average molecular weight is 131 g/mol. The highest BCUT2D eigenvalue weighted by molar-refractivity contribution is 5.61. The molecule has 0 fully saturated rings. The zero-order valence-electron chi connectivity index (χ0n) is 5.29. The van der Waals surface area contributed by atoms with Crippen LogP contribution in [0.15, 0.2) is 29.4 Å². The molecular weight excluding hydrogens is 126 g/mol. The Labute approximate surface area is 58.8 Å². The van der Waals surface area contributed by atoms with Gasteiger partial charge < -0.3 is 0 Å². The Bertz CT molecular complexity index is 285.